The summed E-state index contributed by atoms with van der Waals surface area (Å²) < 4.78 is 35.1. The standard InChI is InChI=1S/C36H41N3O5S/c1-5-22-37-36(41)33(24-29-12-8-6-9-13-29)38(25-30-19-16-27(2)17-20-30)35(40)26-39(32-23-28(3)18-21-34(32)44-4)45(42,43)31-14-10-7-11-15-31/h6-21,23,33H,5,22,24-26H2,1-4H3,(H,37,41)/t33-/m0/s1. The van der Waals surface area contributed by atoms with Gasteiger partial charge in [-0.1, -0.05) is 91.3 Å². The Hall–Kier alpha value is -4.63. The molecule has 0 saturated heterocycles. The minimum Gasteiger partial charge on any atom is -0.495 e. The third kappa shape index (κ3) is 8.51. The number of methoxy groups -OCH3 is 1. The molecule has 236 valence electrons. The smallest absolute Gasteiger partial charge is 0.264 e. The number of rotatable bonds is 14. The Kier molecular flexibility index (Phi) is 11.4. The lowest BCUT2D eigenvalue weighted by molar-refractivity contribution is -0.140. The zero-order valence-corrected chi connectivity index (χ0v) is 27.1. The predicted molar refractivity (Wildman–Crippen MR) is 178 cm³/mol. The molecule has 0 spiro atoms. The van der Waals surface area contributed by atoms with Crippen molar-refractivity contribution in [1.29, 1.82) is 0 Å². The molecule has 0 aliphatic rings. The Morgan fingerprint density at radius 2 is 1.44 bits per heavy atom. The minimum absolute atomic E-state index is 0.0352. The molecule has 4 aromatic rings. The van der Waals surface area contributed by atoms with Crippen LogP contribution in [0.1, 0.15) is 35.6 Å². The summed E-state index contributed by atoms with van der Waals surface area (Å²) in [6, 6.07) is 29.5. The third-order valence-corrected chi connectivity index (χ3v) is 9.28. The Morgan fingerprint density at radius 3 is 2.07 bits per heavy atom. The van der Waals surface area contributed by atoms with Gasteiger partial charge in [0, 0.05) is 19.5 Å². The molecule has 1 N–H and O–H groups in total. The lowest BCUT2D eigenvalue weighted by Crippen LogP contribution is -2.53. The summed E-state index contributed by atoms with van der Waals surface area (Å²) in [6.45, 7) is 5.80. The first-order valence-electron chi connectivity index (χ1n) is 15.0. The summed E-state index contributed by atoms with van der Waals surface area (Å²) in [5, 5.41) is 2.97. The van der Waals surface area contributed by atoms with Gasteiger partial charge >= 0.3 is 0 Å². The second-order valence-corrected chi connectivity index (χ2v) is 12.9. The number of sulfonamides is 1. The molecule has 0 radical (unpaired) electrons. The molecule has 2 amide bonds. The van der Waals surface area contributed by atoms with Crippen molar-refractivity contribution in [1.82, 2.24) is 10.2 Å². The van der Waals surface area contributed by atoms with E-state index in [0.717, 1.165) is 33.0 Å². The number of carbonyl (C=O) groups excluding carboxylic acids is 2. The van der Waals surface area contributed by atoms with E-state index in [-0.39, 0.29) is 29.5 Å². The zero-order chi connectivity index (χ0) is 32.4. The topological polar surface area (TPSA) is 96.0 Å². The molecule has 0 heterocycles. The maximum Gasteiger partial charge on any atom is 0.264 e. The van der Waals surface area contributed by atoms with Crippen LogP contribution in [-0.4, -0.2) is 51.4 Å². The van der Waals surface area contributed by atoms with Gasteiger partial charge in [0.15, 0.2) is 0 Å². The molecule has 0 aliphatic carbocycles. The van der Waals surface area contributed by atoms with Crippen LogP contribution in [0.4, 0.5) is 5.69 Å². The van der Waals surface area contributed by atoms with E-state index >= 15 is 0 Å². The highest BCUT2D eigenvalue weighted by molar-refractivity contribution is 7.92. The van der Waals surface area contributed by atoms with Crippen LogP contribution in [0.2, 0.25) is 0 Å². The van der Waals surface area contributed by atoms with Gasteiger partial charge in [-0.15, -0.1) is 0 Å². The number of nitrogens with one attached hydrogen (secondary N) is 1. The third-order valence-electron chi connectivity index (χ3n) is 7.51. The predicted octanol–water partition coefficient (Wildman–Crippen LogP) is 5.67. The number of benzene rings is 4. The van der Waals surface area contributed by atoms with Gasteiger partial charge in [0.25, 0.3) is 10.0 Å². The van der Waals surface area contributed by atoms with Gasteiger partial charge in [-0.2, -0.15) is 0 Å². The first kappa shape index (κ1) is 33.3. The van der Waals surface area contributed by atoms with Crippen molar-refractivity contribution in [3.63, 3.8) is 0 Å². The summed E-state index contributed by atoms with van der Waals surface area (Å²) in [5.41, 5.74) is 3.79. The summed E-state index contributed by atoms with van der Waals surface area (Å²) >= 11 is 0. The fourth-order valence-electron chi connectivity index (χ4n) is 5.04. The van der Waals surface area contributed by atoms with Crippen LogP contribution in [0.25, 0.3) is 0 Å². The van der Waals surface area contributed by atoms with Crippen molar-refractivity contribution >= 4 is 27.5 Å². The van der Waals surface area contributed by atoms with Crippen LogP contribution in [0, 0.1) is 13.8 Å². The number of aryl methyl sites for hydroxylation is 2. The molecule has 4 aromatic carbocycles. The summed E-state index contributed by atoms with van der Waals surface area (Å²) in [7, 11) is -2.76. The highest BCUT2D eigenvalue weighted by Gasteiger charge is 2.35. The quantitative estimate of drug-likeness (QED) is 0.194. The first-order chi connectivity index (χ1) is 21.6. The van der Waals surface area contributed by atoms with Crippen LogP contribution >= 0.6 is 0 Å². The zero-order valence-electron chi connectivity index (χ0n) is 26.3. The highest BCUT2D eigenvalue weighted by atomic mass is 32.2. The Balaban J connectivity index is 1.83. The van der Waals surface area contributed by atoms with E-state index in [9.17, 15) is 18.0 Å². The number of anilines is 1. The van der Waals surface area contributed by atoms with Gasteiger partial charge in [-0.05, 0) is 61.2 Å². The maximum atomic E-state index is 14.6. The van der Waals surface area contributed by atoms with Crippen molar-refractivity contribution in [3.8, 4) is 5.75 Å². The molecule has 0 unspecified atom stereocenters. The molecule has 0 aliphatic heterocycles. The number of hydrogen-bond donors (Lipinski definition) is 1. The summed E-state index contributed by atoms with van der Waals surface area (Å²) in [4.78, 5) is 29.9. The largest absolute Gasteiger partial charge is 0.495 e. The molecule has 0 fully saturated rings. The first-order valence-corrected chi connectivity index (χ1v) is 16.5. The van der Waals surface area contributed by atoms with Gasteiger partial charge in [-0.3, -0.25) is 13.9 Å². The van der Waals surface area contributed by atoms with E-state index in [1.807, 2.05) is 81.4 Å². The van der Waals surface area contributed by atoms with Gasteiger partial charge in [0.1, 0.15) is 18.3 Å². The Bertz CT molecular complexity index is 1680. The average Bonchev–Trinajstić information content (AvgIpc) is 3.05. The van der Waals surface area contributed by atoms with E-state index in [4.69, 9.17) is 4.74 Å². The van der Waals surface area contributed by atoms with Crippen molar-refractivity contribution in [2.75, 3.05) is 24.5 Å². The molecule has 4 rings (SSSR count). The fourth-order valence-corrected chi connectivity index (χ4v) is 6.48. The van der Waals surface area contributed by atoms with Crippen LogP contribution < -0.4 is 14.4 Å². The number of hydrogen-bond acceptors (Lipinski definition) is 5. The van der Waals surface area contributed by atoms with Gasteiger partial charge < -0.3 is 15.0 Å². The van der Waals surface area contributed by atoms with E-state index < -0.39 is 28.5 Å². The molecule has 0 saturated carbocycles. The monoisotopic (exact) mass is 627 g/mol. The molecule has 9 heteroatoms. The Labute approximate surface area is 266 Å². The molecule has 45 heavy (non-hydrogen) atoms. The SMILES string of the molecule is CCCNC(=O)[C@H](Cc1ccccc1)N(Cc1ccc(C)cc1)C(=O)CN(c1cc(C)ccc1OC)S(=O)(=O)c1ccccc1. The Morgan fingerprint density at radius 1 is 0.822 bits per heavy atom. The number of ether oxygens (including phenoxy) is 1. The van der Waals surface area contributed by atoms with Crippen molar-refractivity contribution in [2.24, 2.45) is 0 Å². The second-order valence-electron chi connectivity index (χ2n) is 11.0. The van der Waals surface area contributed by atoms with Crippen LogP contribution in [0.3, 0.4) is 0 Å². The van der Waals surface area contributed by atoms with Gasteiger partial charge in [-0.25, -0.2) is 8.42 Å². The average molecular weight is 628 g/mol. The van der Waals surface area contributed by atoms with Crippen molar-refractivity contribution < 1.29 is 22.7 Å². The van der Waals surface area contributed by atoms with Crippen molar-refractivity contribution in [2.45, 2.75) is 51.1 Å². The molecule has 0 bridgehead atoms. The summed E-state index contributed by atoms with van der Waals surface area (Å²) in [5.74, 6) is -0.516. The van der Waals surface area contributed by atoms with Crippen molar-refractivity contribution in [3.05, 3.63) is 125 Å². The highest BCUT2D eigenvalue weighted by Crippen LogP contribution is 2.34. The van der Waals surface area contributed by atoms with Crippen LogP contribution in [-0.2, 0) is 32.6 Å². The lowest BCUT2D eigenvalue weighted by Gasteiger charge is -2.34. The number of carbonyl (C=O) groups is 2. The van der Waals surface area contributed by atoms with Crippen LogP contribution in [0.15, 0.2) is 108 Å². The fraction of sp³-hybridized carbons (Fsp3) is 0.278. The molecular weight excluding hydrogens is 586 g/mol. The van der Waals surface area contributed by atoms with Crippen LogP contribution in [0.5, 0.6) is 5.75 Å². The molecule has 8 nitrogen and oxygen atoms in total. The molecule has 1 atom stereocenters. The van der Waals surface area contributed by atoms with Gasteiger partial charge in [0.2, 0.25) is 11.8 Å². The second kappa shape index (κ2) is 15.4. The maximum absolute atomic E-state index is 14.6. The molecular formula is C36H41N3O5S. The lowest BCUT2D eigenvalue weighted by atomic mass is 10.0. The summed E-state index contributed by atoms with van der Waals surface area (Å²) in [6.07, 6.45) is 0.985. The van der Waals surface area contributed by atoms with Gasteiger partial charge in [0.05, 0.1) is 17.7 Å². The number of amides is 2. The normalized spacial score (nSPS) is 11.8. The van der Waals surface area contributed by atoms with E-state index in [0.29, 0.717) is 12.3 Å². The minimum atomic E-state index is -4.22. The van der Waals surface area contributed by atoms with E-state index in [1.54, 1.807) is 30.3 Å². The number of nitrogens with zero attached hydrogens (tertiary/aromatic N) is 2. The molecule has 0 aromatic heterocycles. The van der Waals surface area contributed by atoms with E-state index in [1.165, 1.54) is 24.1 Å². The van der Waals surface area contributed by atoms with E-state index in [2.05, 4.69) is 5.32 Å².